The number of anilines is 1. The van der Waals surface area contributed by atoms with E-state index in [1.54, 1.807) is 0 Å². The number of fused-ring (bicyclic) bond motifs is 1. The molecule has 1 unspecified atom stereocenters. The zero-order valence-electron chi connectivity index (χ0n) is 27.3. The second-order valence-electron chi connectivity index (χ2n) is 14.2. The van der Waals surface area contributed by atoms with Gasteiger partial charge in [-0.3, -0.25) is 14.4 Å². The number of aromatic amines is 1. The van der Waals surface area contributed by atoms with Crippen molar-refractivity contribution in [3.63, 3.8) is 0 Å². The lowest BCUT2D eigenvalue weighted by atomic mass is 9.49. The Bertz CT molecular complexity index is 2010. The topological polar surface area (TPSA) is 191 Å². The lowest BCUT2D eigenvalue weighted by Gasteiger charge is -2.56. The fourth-order valence-corrected chi connectivity index (χ4v) is 8.86. The van der Waals surface area contributed by atoms with Gasteiger partial charge in [0.2, 0.25) is 5.91 Å². The molecular weight excluding hydrogens is 664 g/mol. The smallest absolute Gasteiger partial charge is 0.335 e. The summed E-state index contributed by atoms with van der Waals surface area (Å²) < 4.78 is 30.2. The SMILES string of the molecule is O=C(O)c1cc(NC(=O)C(CNC(=O)c2cc3nc[nH]c3cc2C(=O)NCC23CC4CC(CC(C4)C2)C3)c2c(F)cccc2F)cc(C(=O)O)c1. The van der Waals surface area contributed by atoms with E-state index in [-0.39, 0.29) is 22.2 Å². The van der Waals surface area contributed by atoms with Crippen molar-refractivity contribution < 1.29 is 43.0 Å². The molecule has 1 heterocycles. The monoisotopic (exact) mass is 699 g/mol. The van der Waals surface area contributed by atoms with Crippen LogP contribution in [0.4, 0.5) is 14.5 Å². The van der Waals surface area contributed by atoms with Gasteiger partial charge in [0, 0.05) is 24.3 Å². The minimum atomic E-state index is -1.71. The van der Waals surface area contributed by atoms with Gasteiger partial charge in [-0.2, -0.15) is 0 Å². The van der Waals surface area contributed by atoms with Gasteiger partial charge in [-0.25, -0.2) is 23.4 Å². The van der Waals surface area contributed by atoms with Gasteiger partial charge in [-0.05, 0) is 104 Å². The van der Waals surface area contributed by atoms with Crippen molar-refractivity contribution in [2.45, 2.75) is 44.4 Å². The molecule has 1 aromatic heterocycles. The predicted octanol–water partition coefficient (Wildman–Crippen LogP) is 5.34. The number of H-pyrrole nitrogens is 1. The van der Waals surface area contributed by atoms with Crippen LogP contribution in [0.2, 0.25) is 0 Å². The molecule has 8 rings (SSSR count). The van der Waals surface area contributed by atoms with Gasteiger partial charge >= 0.3 is 11.9 Å². The van der Waals surface area contributed by atoms with Gasteiger partial charge in [0.15, 0.2) is 0 Å². The maximum Gasteiger partial charge on any atom is 0.335 e. The van der Waals surface area contributed by atoms with E-state index in [4.69, 9.17) is 0 Å². The minimum absolute atomic E-state index is 0.0323. The Kier molecular flexibility index (Phi) is 8.77. The van der Waals surface area contributed by atoms with Crippen molar-refractivity contribution in [3.8, 4) is 0 Å². The molecule has 4 fully saturated rings. The molecule has 0 aliphatic heterocycles. The third-order valence-corrected chi connectivity index (χ3v) is 10.7. The highest BCUT2D eigenvalue weighted by Crippen LogP contribution is 2.59. The first-order chi connectivity index (χ1) is 24.4. The van der Waals surface area contributed by atoms with E-state index in [2.05, 4.69) is 25.9 Å². The molecule has 3 amide bonds. The quantitative estimate of drug-likeness (QED) is 0.121. The number of aromatic carboxylic acids is 2. The van der Waals surface area contributed by atoms with Crippen LogP contribution in [0.25, 0.3) is 11.0 Å². The summed E-state index contributed by atoms with van der Waals surface area (Å²) in [5, 5.41) is 26.8. The number of carbonyl (C=O) groups excluding carboxylic acids is 3. The van der Waals surface area contributed by atoms with E-state index < -0.39 is 70.4 Å². The summed E-state index contributed by atoms with van der Waals surface area (Å²) >= 11 is 0. The van der Waals surface area contributed by atoms with Crippen molar-refractivity contribution in [2.75, 3.05) is 18.4 Å². The van der Waals surface area contributed by atoms with Crippen LogP contribution in [-0.2, 0) is 4.79 Å². The first kappa shape index (κ1) is 33.8. The zero-order valence-corrected chi connectivity index (χ0v) is 27.3. The summed E-state index contributed by atoms with van der Waals surface area (Å²) in [7, 11) is 0. The molecule has 264 valence electrons. The largest absolute Gasteiger partial charge is 0.478 e. The second kappa shape index (κ2) is 13.2. The van der Waals surface area contributed by atoms with Crippen LogP contribution in [0, 0.1) is 34.8 Å². The molecule has 14 heteroatoms. The molecule has 4 aromatic rings. The van der Waals surface area contributed by atoms with Crippen LogP contribution in [0.1, 0.15) is 91.4 Å². The van der Waals surface area contributed by atoms with Crippen LogP contribution in [-0.4, -0.2) is 62.9 Å². The Balaban J connectivity index is 1.14. The standard InChI is InChI=1S/C37H35F2N5O7/c38-27-2-1-3-28(39)31(27)26(34(47)44-23-8-21(35(48)49)7-22(9-23)36(50)51)15-40-32(45)24-10-29-30(43-17-42-29)11-25(24)33(46)41-16-37-12-18-4-19(13-37)6-20(5-18)14-37/h1-3,7-11,17-20,26H,4-6,12-16H2,(H,40,45)(H,41,46)(H,42,43)(H,44,47)(H,48,49)(H,50,51). The number of rotatable bonds is 11. The molecule has 4 saturated carbocycles. The summed E-state index contributed by atoms with van der Waals surface area (Å²) in [6.07, 6.45) is 8.38. The summed E-state index contributed by atoms with van der Waals surface area (Å²) in [5.74, 6) is -7.11. The predicted molar refractivity (Wildman–Crippen MR) is 179 cm³/mol. The van der Waals surface area contributed by atoms with Gasteiger partial charge in [-0.1, -0.05) is 6.07 Å². The van der Waals surface area contributed by atoms with Crippen LogP contribution < -0.4 is 16.0 Å². The number of amides is 3. The highest BCUT2D eigenvalue weighted by molar-refractivity contribution is 6.10. The minimum Gasteiger partial charge on any atom is -0.478 e. The van der Waals surface area contributed by atoms with Crippen LogP contribution in [0.3, 0.4) is 0 Å². The zero-order chi connectivity index (χ0) is 36.0. The summed E-state index contributed by atoms with van der Waals surface area (Å²) in [4.78, 5) is 71.6. The van der Waals surface area contributed by atoms with Crippen molar-refractivity contribution in [2.24, 2.45) is 23.2 Å². The number of carbonyl (C=O) groups is 5. The van der Waals surface area contributed by atoms with E-state index in [1.807, 2.05) is 0 Å². The van der Waals surface area contributed by atoms with E-state index in [9.17, 15) is 34.2 Å². The number of nitrogens with one attached hydrogen (secondary N) is 4. The first-order valence-electron chi connectivity index (χ1n) is 16.8. The second-order valence-corrected chi connectivity index (χ2v) is 14.2. The molecule has 0 saturated heterocycles. The molecule has 4 aliphatic rings. The molecular formula is C37H35F2N5O7. The molecule has 0 radical (unpaired) electrons. The van der Waals surface area contributed by atoms with Crippen LogP contribution in [0.5, 0.6) is 0 Å². The van der Waals surface area contributed by atoms with Gasteiger partial charge < -0.3 is 31.1 Å². The van der Waals surface area contributed by atoms with Gasteiger partial charge in [0.1, 0.15) is 11.6 Å². The average Bonchev–Trinajstić information content (AvgIpc) is 3.55. The van der Waals surface area contributed by atoms with Crippen molar-refractivity contribution in [3.05, 3.63) is 94.3 Å². The molecule has 0 spiro atoms. The number of carboxylic acid groups (broad SMARTS) is 2. The highest BCUT2D eigenvalue weighted by atomic mass is 19.1. The van der Waals surface area contributed by atoms with Gasteiger partial charge in [0.25, 0.3) is 11.8 Å². The molecule has 4 bridgehead atoms. The van der Waals surface area contributed by atoms with Crippen molar-refractivity contribution in [1.82, 2.24) is 20.6 Å². The van der Waals surface area contributed by atoms with Crippen molar-refractivity contribution >= 4 is 46.4 Å². The molecule has 51 heavy (non-hydrogen) atoms. The Hall–Kier alpha value is -5.66. The fourth-order valence-electron chi connectivity index (χ4n) is 8.86. The fraction of sp³-hybridized carbons (Fsp3) is 0.351. The molecule has 4 aliphatic carbocycles. The van der Waals surface area contributed by atoms with Crippen molar-refractivity contribution in [1.29, 1.82) is 0 Å². The number of hydrogen-bond donors (Lipinski definition) is 6. The lowest BCUT2D eigenvalue weighted by molar-refractivity contribution is -0.117. The van der Waals surface area contributed by atoms with Gasteiger partial charge in [-0.15, -0.1) is 0 Å². The Labute approximate surface area is 290 Å². The summed E-state index contributed by atoms with van der Waals surface area (Å²) in [6.45, 7) is -0.168. The molecule has 1 atom stereocenters. The number of carboxylic acids is 2. The lowest BCUT2D eigenvalue weighted by Crippen LogP contribution is -2.51. The molecule has 3 aromatic carbocycles. The average molecular weight is 700 g/mol. The number of halogens is 2. The number of hydrogen-bond acceptors (Lipinski definition) is 6. The van der Waals surface area contributed by atoms with Crippen LogP contribution in [0.15, 0.2) is 54.9 Å². The van der Waals surface area contributed by atoms with E-state index in [0.29, 0.717) is 35.3 Å². The number of nitrogens with zero attached hydrogens (tertiary/aromatic N) is 1. The molecule has 6 N–H and O–H groups in total. The van der Waals surface area contributed by atoms with E-state index >= 15 is 8.78 Å². The third kappa shape index (κ3) is 6.77. The van der Waals surface area contributed by atoms with E-state index in [0.717, 1.165) is 55.7 Å². The Morgan fingerprint density at radius 1 is 0.824 bits per heavy atom. The number of benzene rings is 3. The highest BCUT2D eigenvalue weighted by Gasteiger charge is 2.50. The Morgan fingerprint density at radius 3 is 1.98 bits per heavy atom. The third-order valence-electron chi connectivity index (χ3n) is 10.7. The van der Waals surface area contributed by atoms with Crippen LogP contribution >= 0.6 is 0 Å². The summed E-state index contributed by atoms with van der Waals surface area (Å²) in [5.41, 5.74) is -0.910. The first-order valence-corrected chi connectivity index (χ1v) is 16.8. The molecule has 12 nitrogen and oxygen atoms in total. The number of imidazole rings is 1. The van der Waals surface area contributed by atoms with E-state index in [1.165, 1.54) is 37.7 Å². The maximum atomic E-state index is 15.1. The Morgan fingerprint density at radius 2 is 1.39 bits per heavy atom. The number of aromatic nitrogens is 2. The van der Waals surface area contributed by atoms with Gasteiger partial charge in [0.05, 0.1) is 45.5 Å². The summed E-state index contributed by atoms with van der Waals surface area (Å²) in [6, 6.07) is 8.79. The maximum absolute atomic E-state index is 15.1. The normalized spacial score (nSPS) is 22.4.